The van der Waals surface area contributed by atoms with Crippen LogP contribution in [0.4, 0.5) is 4.39 Å². The highest BCUT2D eigenvalue weighted by molar-refractivity contribution is 5.97. The number of hydrogen-bond donors (Lipinski definition) is 0. The average Bonchev–Trinajstić information content (AvgIpc) is 2.68. The molecule has 2 amide bonds. The van der Waals surface area contributed by atoms with Crippen LogP contribution in [0.3, 0.4) is 0 Å². The van der Waals surface area contributed by atoms with Crippen LogP contribution in [0.15, 0.2) is 42.5 Å². The molecule has 4 rings (SSSR count). The zero-order valence-corrected chi connectivity index (χ0v) is 15.2. The molecule has 6 heteroatoms. The molecule has 2 heterocycles. The lowest BCUT2D eigenvalue weighted by Crippen LogP contribution is -2.55. The van der Waals surface area contributed by atoms with Crippen LogP contribution in [0, 0.1) is 5.82 Å². The maximum Gasteiger partial charge on any atom is 0.254 e. The van der Waals surface area contributed by atoms with E-state index in [2.05, 4.69) is 0 Å². The van der Waals surface area contributed by atoms with E-state index in [9.17, 15) is 14.0 Å². The zero-order valence-electron chi connectivity index (χ0n) is 15.2. The molecule has 1 atom stereocenters. The third kappa shape index (κ3) is 3.16. The van der Waals surface area contributed by atoms with E-state index in [1.165, 1.54) is 6.07 Å². The number of carbonyl (C=O) groups excluding carboxylic acids is 2. The van der Waals surface area contributed by atoms with Crippen molar-refractivity contribution in [2.45, 2.75) is 19.4 Å². The second-order valence-corrected chi connectivity index (χ2v) is 6.80. The fourth-order valence-electron chi connectivity index (χ4n) is 3.93. The van der Waals surface area contributed by atoms with Gasteiger partial charge in [-0.05, 0) is 54.8 Å². The Morgan fingerprint density at radius 1 is 1.22 bits per heavy atom. The van der Waals surface area contributed by atoms with Crippen LogP contribution in [0.25, 0.3) is 0 Å². The third-order valence-electron chi connectivity index (χ3n) is 5.23. The van der Waals surface area contributed by atoms with E-state index in [1.807, 2.05) is 13.0 Å². The smallest absolute Gasteiger partial charge is 0.254 e. The summed E-state index contributed by atoms with van der Waals surface area (Å²) in [6.45, 7) is 3.36. The van der Waals surface area contributed by atoms with Crippen molar-refractivity contribution in [2.24, 2.45) is 0 Å². The third-order valence-corrected chi connectivity index (χ3v) is 5.23. The van der Waals surface area contributed by atoms with Gasteiger partial charge in [0.05, 0.1) is 12.6 Å². The van der Waals surface area contributed by atoms with Crippen LogP contribution in [0.5, 0.6) is 5.75 Å². The molecule has 1 saturated heterocycles. The Balaban J connectivity index is 1.59. The number of rotatable bonds is 3. The number of benzene rings is 2. The molecule has 5 nitrogen and oxygen atoms in total. The normalized spacial score (nSPS) is 18.7. The van der Waals surface area contributed by atoms with Crippen LogP contribution in [0.1, 0.15) is 34.5 Å². The molecule has 0 aliphatic carbocycles. The molecule has 140 valence electrons. The van der Waals surface area contributed by atoms with Gasteiger partial charge in [-0.15, -0.1) is 0 Å². The van der Waals surface area contributed by atoms with Crippen LogP contribution in [-0.2, 0) is 11.2 Å². The van der Waals surface area contributed by atoms with E-state index in [0.29, 0.717) is 43.0 Å². The van der Waals surface area contributed by atoms with Gasteiger partial charge in [-0.3, -0.25) is 9.59 Å². The Bertz CT molecular complexity index is 881. The minimum absolute atomic E-state index is 0.0488. The van der Waals surface area contributed by atoms with Crippen LogP contribution >= 0.6 is 0 Å². The first-order valence-electron chi connectivity index (χ1n) is 9.17. The van der Waals surface area contributed by atoms with E-state index in [1.54, 1.807) is 40.1 Å². The predicted molar refractivity (Wildman–Crippen MR) is 98.1 cm³/mol. The number of halogens is 1. The topological polar surface area (TPSA) is 49.9 Å². The van der Waals surface area contributed by atoms with Crippen molar-refractivity contribution in [1.82, 2.24) is 9.80 Å². The predicted octanol–water partition coefficient (Wildman–Crippen LogP) is 2.81. The van der Waals surface area contributed by atoms with E-state index in [4.69, 9.17) is 4.74 Å². The highest BCUT2D eigenvalue weighted by Crippen LogP contribution is 2.34. The monoisotopic (exact) mass is 368 g/mol. The summed E-state index contributed by atoms with van der Waals surface area (Å²) in [7, 11) is 0. The summed E-state index contributed by atoms with van der Waals surface area (Å²) in [6.07, 6.45) is 0.511. The van der Waals surface area contributed by atoms with Gasteiger partial charge in [-0.25, -0.2) is 4.39 Å². The number of carbonyl (C=O) groups is 2. The van der Waals surface area contributed by atoms with Crippen molar-refractivity contribution >= 4 is 11.8 Å². The van der Waals surface area contributed by atoms with Crippen molar-refractivity contribution < 1.29 is 18.7 Å². The van der Waals surface area contributed by atoms with E-state index in [-0.39, 0.29) is 30.2 Å². The van der Waals surface area contributed by atoms with Gasteiger partial charge < -0.3 is 14.5 Å². The molecule has 1 unspecified atom stereocenters. The first-order valence-corrected chi connectivity index (χ1v) is 9.17. The summed E-state index contributed by atoms with van der Waals surface area (Å²) in [5.41, 5.74) is 1.97. The first kappa shape index (κ1) is 17.5. The molecule has 27 heavy (non-hydrogen) atoms. The molecule has 1 fully saturated rings. The summed E-state index contributed by atoms with van der Waals surface area (Å²) in [5, 5.41) is 0. The molecule has 2 aromatic carbocycles. The zero-order chi connectivity index (χ0) is 19.0. The lowest BCUT2D eigenvalue weighted by molar-refractivity contribution is -0.139. The molecule has 0 aromatic heterocycles. The number of hydrogen-bond acceptors (Lipinski definition) is 3. The number of nitrogens with zero attached hydrogens (tertiary/aromatic N) is 2. The second-order valence-electron chi connectivity index (χ2n) is 6.80. The maximum atomic E-state index is 14.2. The molecule has 0 saturated carbocycles. The van der Waals surface area contributed by atoms with E-state index < -0.39 is 0 Å². The van der Waals surface area contributed by atoms with Crippen molar-refractivity contribution in [2.75, 3.05) is 26.2 Å². The molecule has 0 radical (unpaired) electrons. The van der Waals surface area contributed by atoms with Crippen molar-refractivity contribution in [3.63, 3.8) is 0 Å². The fraction of sp³-hybridized carbons (Fsp3) is 0.333. The molecular weight excluding hydrogens is 347 g/mol. The van der Waals surface area contributed by atoms with Gasteiger partial charge in [0, 0.05) is 18.7 Å². The lowest BCUT2D eigenvalue weighted by Gasteiger charge is -2.44. The summed E-state index contributed by atoms with van der Waals surface area (Å²) in [4.78, 5) is 28.9. The number of piperazine rings is 1. The van der Waals surface area contributed by atoms with Crippen molar-refractivity contribution in [3.8, 4) is 5.75 Å². The second kappa shape index (κ2) is 7.02. The van der Waals surface area contributed by atoms with Gasteiger partial charge in [-0.2, -0.15) is 0 Å². The summed E-state index contributed by atoms with van der Waals surface area (Å²) in [6, 6.07) is 11.6. The highest BCUT2D eigenvalue weighted by atomic mass is 19.1. The largest absolute Gasteiger partial charge is 0.494 e. The van der Waals surface area contributed by atoms with Gasteiger partial charge in [-0.1, -0.05) is 12.1 Å². The van der Waals surface area contributed by atoms with E-state index in [0.717, 1.165) is 5.56 Å². The van der Waals surface area contributed by atoms with Gasteiger partial charge in [0.15, 0.2) is 0 Å². The summed E-state index contributed by atoms with van der Waals surface area (Å²) in [5.74, 6) is 0.163. The molecule has 2 aromatic rings. The van der Waals surface area contributed by atoms with Crippen molar-refractivity contribution in [1.29, 1.82) is 0 Å². The Labute approximate surface area is 157 Å². The minimum Gasteiger partial charge on any atom is -0.494 e. The number of fused-ring (bicyclic) bond motifs is 3. The minimum atomic E-state index is -0.294. The number of amides is 2. The Morgan fingerprint density at radius 3 is 2.74 bits per heavy atom. The SMILES string of the molecule is CCOc1ccc(C(=O)N2CC(=O)N3CCc4c(F)cccc4C3C2)cc1. The van der Waals surface area contributed by atoms with Gasteiger partial charge in [0.25, 0.3) is 5.91 Å². The molecule has 0 bridgehead atoms. The molecule has 0 spiro atoms. The fourth-order valence-corrected chi connectivity index (χ4v) is 3.93. The van der Waals surface area contributed by atoms with Gasteiger partial charge in [0.2, 0.25) is 5.91 Å². The summed E-state index contributed by atoms with van der Waals surface area (Å²) >= 11 is 0. The van der Waals surface area contributed by atoms with Gasteiger partial charge >= 0.3 is 0 Å². The number of ether oxygens (including phenoxy) is 1. The maximum absolute atomic E-state index is 14.2. The highest BCUT2D eigenvalue weighted by Gasteiger charge is 2.39. The van der Waals surface area contributed by atoms with E-state index >= 15 is 0 Å². The summed E-state index contributed by atoms with van der Waals surface area (Å²) < 4.78 is 19.6. The van der Waals surface area contributed by atoms with Crippen LogP contribution < -0.4 is 4.74 Å². The van der Waals surface area contributed by atoms with Gasteiger partial charge in [0.1, 0.15) is 18.1 Å². The molecule has 2 aliphatic heterocycles. The molecular formula is C21H21FN2O3. The van der Waals surface area contributed by atoms with Crippen LogP contribution in [0.2, 0.25) is 0 Å². The Morgan fingerprint density at radius 2 is 2.00 bits per heavy atom. The lowest BCUT2D eigenvalue weighted by atomic mass is 9.90. The van der Waals surface area contributed by atoms with Crippen LogP contribution in [-0.4, -0.2) is 47.9 Å². The average molecular weight is 368 g/mol. The quantitative estimate of drug-likeness (QED) is 0.837. The van der Waals surface area contributed by atoms with Crippen molar-refractivity contribution in [3.05, 3.63) is 65.0 Å². The molecule has 2 aliphatic rings. The standard InChI is InChI=1S/C21H21FN2O3/c1-2-27-15-8-6-14(7-9-15)21(26)23-12-19-17-4-3-5-18(22)16(17)10-11-24(19)20(25)13-23/h3-9,19H,2,10-13H2,1H3. The Hall–Kier alpha value is -2.89. The Kier molecular flexibility index (Phi) is 4.56. The molecule has 0 N–H and O–H groups in total. The first-order chi connectivity index (χ1) is 13.1.